The van der Waals surface area contributed by atoms with Crippen LogP contribution in [0.15, 0.2) is 0 Å². The smallest absolute Gasteiger partial charge is 0.0192 e. The van der Waals surface area contributed by atoms with Crippen molar-refractivity contribution in [1.82, 2.24) is 10.2 Å². The largest absolute Gasteiger partial charge is 0.313 e. The van der Waals surface area contributed by atoms with E-state index in [0.717, 1.165) is 18.5 Å². The van der Waals surface area contributed by atoms with Crippen molar-refractivity contribution in [3.63, 3.8) is 0 Å². The highest BCUT2D eigenvalue weighted by atomic mass is 15.2. The standard InChI is InChI=1S/C15H32N2/c1-6-13(3)16-11-14(4)17(5)15-9-7-12(2)8-10-15/h12-16H,6-11H2,1-5H3. The number of hydrogen-bond acceptors (Lipinski definition) is 2. The topological polar surface area (TPSA) is 15.3 Å². The van der Waals surface area contributed by atoms with Gasteiger partial charge < -0.3 is 5.32 Å². The average molecular weight is 240 g/mol. The van der Waals surface area contributed by atoms with Crippen LogP contribution in [-0.4, -0.2) is 36.6 Å². The molecule has 0 aromatic rings. The van der Waals surface area contributed by atoms with Crippen LogP contribution in [-0.2, 0) is 0 Å². The molecule has 0 aromatic heterocycles. The van der Waals surface area contributed by atoms with E-state index >= 15 is 0 Å². The molecule has 0 amide bonds. The van der Waals surface area contributed by atoms with Gasteiger partial charge in [-0.1, -0.05) is 13.8 Å². The van der Waals surface area contributed by atoms with Crippen LogP contribution in [0.25, 0.3) is 0 Å². The maximum atomic E-state index is 3.62. The molecule has 1 fully saturated rings. The van der Waals surface area contributed by atoms with Crippen LogP contribution in [0.2, 0.25) is 0 Å². The molecule has 2 nitrogen and oxygen atoms in total. The van der Waals surface area contributed by atoms with Crippen molar-refractivity contribution in [2.75, 3.05) is 13.6 Å². The zero-order chi connectivity index (χ0) is 12.8. The SMILES string of the molecule is CCC(C)NCC(C)N(C)C1CCC(C)CC1. The molecule has 1 saturated carbocycles. The molecule has 0 saturated heterocycles. The molecule has 0 bridgehead atoms. The average Bonchev–Trinajstić information content (AvgIpc) is 2.35. The zero-order valence-electron chi connectivity index (χ0n) is 12.5. The molecule has 17 heavy (non-hydrogen) atoms. The monoisotopic (exact) mass is 240 g/mol. The van der Waals surface area contributed by atoms with Crippen LogP contribution in [0.1, 0.15) is 59.8 Å². The number of likely N-dealkylation sites (N-methyl/N-ethyl adjacent to an activating group) is 1. The number of nitrogens with one attached hydrogen (secondary N) is 1. The van der Waals surface area contributed by atoms with Crippen molar-refractivity contribution < 1.29 is 0 Å². The van der Waals surface area contributed by atoms with E-state index in [1.807, 2.05) is 0 Å². The molecule has 1 aliphatic carbocycles. The lowest BCUT2D eigenvalue weighted by molar-refractivity contribution is 0.128. The van der Waals surface area contributed by atoms with Gasteiger partial charge >= 0.3 is 0 Å². The van der Waals surface area contributed by atoms with Gasteiger partial charge in [0.2, 0.25) is 0 Å². The Morgan fingerprint density at radius 1 is 1.18 bits per heavy atom. The van der Waals surface area contributed by atoms with Gasteiger partial charge in [-0.25, -0.2) is 0 Å². The maximum absolute atomic E-state index is 3.62. The summed E-state index contributed by atoms with van der Waals surface area (Å²) in [6.45, 7) is 10.4. The molecule has 2 atom stereocenters. The van der Waals surface area contributed by atoms with Gasteiger partial charge in [-0.3, -0.25) is 4.90 Å². The minimum Gasteiger partial charge on any atom is -0.313 e. The summed E-state index contributed by atoms with van der Waals surface area (Å²) in [4.78, 5) is 2.60. The highest BCUT2D eigenvalue weighted by Gasteiger charge is 2.24. The third kappa shape index (κ3) is 4.97. The quantitative estimate of drug-likeness (QED) is 0.766. The summed E-state index contributed by atoms with van der Waals surface area (Å²) in [7, 11) is 2.31. The van der Waals surface area contributed by atoms with Crippen molar-refractivity contribution in [1.29, 1.82) is 0 Å². The van der Waals surface area contributed by atoms with Gasteiger partial charge in [-0.2, -0.15) is 0 Å². The molecule has 1 N–H and O–H groups in total. The molecular formula is C15H32N2. The molecular weight excluding hydrogens is 208 g/mol. The van der Waals surface area contributed by atoms with Crippen molar-refractivity contribution in [2.45, 2.75) is 77.9 Å². The molecule has 2 heteroatoms. The van der Waals surface area contributed by atoms with E-state index in [9.17, 15) is 0 Å². The molecule has 0 spiro atoms. The van der Waals surface area contributed by atoms with Gasteiger partial charge in [0.25, 0.3) is 0 Å². The van der Waals surface area contributed by atoms with E-state index < -0.39 is 0 Å². The fourth-order valence-corrected chi connectivity index (χ4v) is 2.67. The van der Waals surface area contributed by atoms with Gasteiger partial charge in [0.1, 0.15) is 0 Å². The Hall–Kier alpha value is -0.0800. The number of rotatable bonds is 6. The summed E-state index contributed by atoms with van der Waals surface area (Å²) < 4.78 is 0. The lowest BCUT2D eigenvalue weighted by Crippen LogP contribution is -2.46. The molecule has 1 rings (SSSR count). The van der Waals surface area contributed by atoms with Crippen LogP contribution < -0.4 is 5.32 Å². The second-order valence-electron chi connectivity index (χ2n) is 6.15. The van der Waals surface area contributed by atoms with Gasteiger partial charge in [0.05, 0.1) is 0 Å². The van der Waals surface area contributed by atoms with E-state index in [1.54, 1.807) is 0 Å². The molecule has 1 aliphatic rings. The van der Waals surface area contributed by atoms with Crippen molar-refractivity contribution >= 4 is 0 Å². The Labute approximate surface area is 108 Å². The lowest BCUT2D eigenvalue weighted by atomic mass is 9.86. The molecule has 0 radical (unpaired) electrons. The van der Waals surface area contributed by atoms with Gasteiger partial charge in [0, 0.05) is 24.7 Å². The highest BCUT2D eigenvalue weighted by molar-refractivity contribution is 4.80. The third-order valence-electron chi connectivity index (χ3n) is 4.63. The molecule has 102 valence electrons. The zero-order valence-corrected chi connectivity index (χ0v) is 12.5. The van der Waals surface area contributed by atoms with E-state index in [0.29, 0.717) is 12.1 Å². The van der Waals surface area contributed by atoms with Crippen LogP contribution in [0.4, 0.5) is 0 Å². The van der Waals surface area contributed by atoms with Crippen LogP contribution in [0.5, 0.6) is 0 Å². The van der Waals surface area contributed by atoms with E-state index in [2.05, 4.69) is 45.0 Å². The Morgan fingerprint density at radius 3 is 2.29 bits per heavy atom. The highest BCUT2D eigenvalue weighted by Crippen LogP contribution is 2.27. The summed E-state index contributed by atoms with van der Waals surface area (Å²) in [6.07, 6.45) is 6.84. The Balaban J connectivity index is 2.28. The first kappa shape index (κ1) is 15.0. The predicted octanol–water partition coefficient (Wildman–Crippen LogP) is 3.27. The van der Waals surface area contributed by atoms with Crippen LogP contribution in [0.3, 0.4) is 0 Å². The van der Waals surface area contributed by atoms with Gasteiger partial charge in [-0.15, -0.1) is 0 Å². The van der Waals surface area contributed by atoms with Crippen LogP contribution >= 0.6 is 0 Å². The summed E-state index contributed by atoms with van der Waals surface area (Å²) >= 11 is 0. The molecule has 0 aliphatic heterocycles. The second-order valence-corrected chi connectivity index (χ2v) is 6.15. The molecule has 0 aromatic carbocycles. The third-order valence-corrected chi connectivity index (χ3v) is 4.63. The van der Waals surface area contributed by atoms with Crippen molar-refractivity contribution in [3.05, 3.63) is 0 Å². The summed E-state index contributed by atoms with van der Waals surface area (Å²) in [5.74, 6) is 0.952. The van der Waals surface area contributed by atoms with Gasteiger partial charge in [0.15, 0.2) is 0 Å². The summed E-state index contributed by atoms with van der Waals surface area (Å²) in [6, 6.07) is 2.12. The Morgan fingerprint density at radius 2 is 1.76 bits per heavy atom. The van der Waals surface area contributed by atoms with E-state index in [4.69, 9.17) is 0 Å². The molecule has 2 unspecified atom stereocenters. The summed E-state index contributed by atoms with van der Waals surface area (Å²) in [5, 5.41) is 3.62. The minimum absolute atomic E-state index is 0.650. The van der Waals surface area contributed by atoms with Crippen molar-refractivity contribution in [3.8, 4) is 0 Å². The first-order valence-corrected chi connectivity index (χ1v) is 7.49. The number of nitrogens with zero attached hydrogens (tertiary/aromatic N) is 1. The predicted molar refractivity (Wildman–Crippen MR) is 76.4 cm³/mol. The second kappa shape index (κ2) is 7.38. The fraction of sp³-hybridized carbons (Fsp3) is 1.00. The van der Waals surface area contributed by atoms with E-state index in [1.165, 1.54) is 32.1 Å². The normalized spacial score (nSPS) is 29.3. The minimum atomic E-state index is 0.650. The van der Waals surface area contributed by atoms with Crippen molar-refractivity contribution in [2.24, 2.45) is 5.92 Å². The lowest BCUT2D eigenvalue weighted by Gasteiger charge is -2.37. The fourth-order valence-electron chi connectivity index (χ4n) is 2.67. The van der Waals surface area contributed by atoms with E-state index in [-0.39, 0.29) is 0 Å². The first-order valence-electron chi connectivity index (χ1n) is 7.49. The first-order chi connectivity index (χ1) is 8.04. The molecule has 0 heterocycles. The summed E-state index contributed by atoms with van der Waals surface area (Å²) in [5.41, 5.74) is 0. The van der Waals surface area contributed by atoms with Gasteiger partial charge in [-0.05, 0) is 58.9 Å². The Bertz CT molecular complexity index is 197. The maximum Gasteiger partial charge on any atom is 0.0192 e. The Kier molecular flexibility index (Phi) is 6.50. The number of hydrogen-bond donors (Lipinski definition) is 1. The van der Waals surface area contributed by atoms with Crippen LogP contribution in [0, 0.1) is 5.92 Å².